The molecular formula is C15H22ClNO2. The molecule has 3 nitrogen and oxygen atoms in total. The Hall–Kier alpha value is -1.06. The lowest BCUT2D eigenvalue weighted by atomic mass is 9.85. The van der Waals surface area contributed by atoms with Crippen molar-refractivity contribution < 1.29 is 9.90 Å². The predicted molar refractivity (Wildman–Crippen MR) is 78.4 cm³/mol. The molecule has 0 bridgehead atoms. The van der Waals surface area contributed by atoms with Crippen LogP contribution in [0.4, 0.5) is 0 Å². The van der Waals surface area contributed by atoms with Gasteiger partial charge in [0.1, 0.15) is 0 Å². The van der Waals surface area contributed by atoms with Gasteiger partial charge in [0.2, 0.25) is 0 Å². The summed E-state index contributed by atoms with van der Waals surface area (Å²) >= 11 is 5.95. The minimum absolute atomic E-state index is 0.530. The molecular weight excluding hydrogens is 262 g/mol. The molecule has 1 unspecified atom stereocenters. The minimum atomic E-state index is -0.729. The molecule has 106 valence electrons. The van der Waals surface area contributed by atoms with Crippen molar-refractivity contribution in [3.8, 4) is 0 Å². The average Bonchev–Trinajstić information content (AvgIpc) is 2.28. The molecule has 0 heterocycles. The normalized spacial score (nSPS) is 14.4. The van der Waals surface area contributed by atoms with Crippen molar-refractivity contribution in [3.05, 3.63) is 34.9 Å². The van der Waals surface area contributed by atoms with E-state index >= 15 is 0 Å². The largest absolute Gasteiger partial charge is 0.481 e. The summed E-state index contributed by atoms with van der Waals surface area (Å²) in [6, 6.07) is 7.66. The molecule has 1 aromatic carbocycles. The van der Waals surface area contributed by atoms with E-state index in [9.17, 15) is 9.90 Å². The first-order valence-electron chi connectivity index (χ1n) is 6.54. The van der Waals surface area contributed by atoms with Crippen molar-refractivity contribution in [2.45, 2.75) is 33.2 Å². The van der Waals surface area contributed by atoms with Crippen molar-refractivity contribution in [2.24, 2.45) is 5.41 Å². The van der Waals surface area contributed by atoms with E-state index in [1.54, 1.807) is 0 Å². The molecule has 0 aromatic heterocycles. The van der Waals surface area contributed by atoms with Gasteiger partial charge in [0.15, 0.2) is 0 Å². The zero-order chi connectivity index (χ0) is 14.5. The molecule has 19 heavy (non-hydrogen) atoms. The van der Waals surface area contributed by atoms with Gasteiger partial charge in [-0.1, -0.05) is 37.1 Å². The Labute approximate surface area is 120 Å². The van der Waals surface area contributed by atoms with Crippen LogP contribution in [-0.2, 0) is 11.3 Å². The molecule has 0 spiro atoms. The van der Waals surface area contributed by atoms with Gasteiger partial charge in [-0.05, 0) is 38.1 Å². The molecule has 0 fully saturated rings. The third kappa shape index (κ3) is 4.84. The van der Waals surface area contributed by atoms with Crippen molar-refractivity contribution in [1.82, 2.24) is 4.90 Å². The lowest BCUT2D eigenvalue weighted by Crippen LogP contribution is -2.39. The van der Waals surface area contributed by atoms with E-state index in [0.29, 0.717) is 24.5 Å². The highest BCUT2D eigenvalue weighted by Gasteiger charge is 2.33. The molecule has 0 saturated heterocycles. The van der Waals surface area contributed by atoms with E-state index in [4.69, 9.17) is 11.6 Å². The Balaban J connectivity index is 2.68. The molecule has 1 rings (SSSR count). The Bertz CT molecular complexity index is 436. The van der Waals surface area contributed by atoms with Crippen molar-refractivity contribution in [3.63, 3.8) is 0 Å². The van der Waals surface area contributed by atoms with Crippen LogP contribution in [0, 0.1) is 5.41 Å². The predicted octanol–water partition coefficient (Wildman–Crippen LogP) is 3.66. The number of benzene rings is 1. The van der Waals surface area contributed by atoms with Gasteiger partial charge in [-0.2, -0.15) is 0 Å². The van der Waals surface area contributed by atoms with Gasteiger partial charge in [-0.25, -0.2) is 0 Å². The smallest absolute Gasteiger partial charge is 0.310 e. The fourth-order valence-corrected chi connectivity index (χ4v) is 2.62. The fraction of sp³-hybridized carbons (Fsp3) is 0.533. The summed E-state index contributed by atoms with van der Waals surface area (Å²) in [5, 5.41) is 10.1. The highest BCUT2D eigenvalue weighted by molar-refractivity contribution is 6.30. The number of aliphatic carboxylic acids is 1. The van der Waals surface area contributed by atoms with Gasteiger partial charge in [-0.15, -0.1) is 0 Å². The second-order valence-corrected chi connectivity index (χ2v) is 5.85. The van der Waals surface area contributed by atoms with Crippen molar-refractivity contribution in [2.75, 3.05) is 13.6 Å². The van der Waals surface area contributed by atoms with Crippen LogP contribution in [-0.4, -0.2) is 29.6 Å². The van der Waals surface area contributed by atoms with Crippen LogP contribution in [0.5, 0.6) is 0 Å². The SMILES string of the molecule is CCCC(C)(CN(C)Cc1cccc(Cl)c1)C(=O)O. The third-order valence-electron chi connectivity index (χ3n) is 3.28. The monoisotopic (exact) mass is 283 g/mol. The van der Waals surface area contributed by atoms with Crippen LogP contribution in [0.1, 0.15) is 32.3 Å². The second kappa shape index (κ2) is 6.92. The molecule has 4 heteroatoms. The van der Waals surface area contributed by atoms with E-state index in [1.165, 1.54) is 0 Å². The number of hydrogen-bond acceptors (Lipinski definition) is 2. The highest BCUT2D eigenvalue weighted by Crippen LogP contribution is 2.25. The number of hydrogen-bond donors (Lipinski definition) is 1. The zero-order valence-electron chi connectivity index (χ0n) is 11.8. The van der Waals surface area contributed by atoms with Crippen LogP contribution in [0.25, 0.3) is 0 Å². The number of carbonyl (C=O) groups is 1. The highest BCUT2D eigenvalue weighted by atomic mass is 35.5. The zero-order valence-corrected chi connectivity index (χ0v) is 12.6. The Morgan fingerprint density at radius 3 is 2.68 bits per heavy atom. The number of rotatable bonds is 7. The average molecular weight is 284 g/mol. The molecule has 1 aromatic rings. The summed E-state index contributed by atoms with van der Waals surface area (Å²) in [5.74, 6) is -0.729. The van der Waals surface area contributed by atoms with E-state index in [1.807, 2.05) is 50.1 Å². The van der Waals surface area contributed by atoms with Crippen molar-refractivity contribution in [1.29, 1.82) is 0 Å². The molecule has 1 atom stereocenters. The number of carboxylic acids is 1. The molecule has 0 amide bonds. The minimum Gasteiger partial charge on any atom is -0.481 e. The Morgan fingerprint density at radius 2 is 2.16 bits per heavy atom. The van der Waals surface area contributed by atoms with Gasteiger partial charge >= 0.3 is 5.97 Å². The van der Waals surface area contributed by atoms with E-state index < -0.39 is 11.4 Å². The maximum atomic E-state index is 11.4. The van der Waals surface area contributed by atoms with E-state index in [0.717, 1.165) is 12.0 Å². The summed E-state index contributed by atoms with van der Waals surface area (Å²) in [6.07, 6.45) is 1.55. The van der Waals surface area contributed by atoms with Gasteiger partial charge in [0, 0.05) is 18.1 Å². The quantitative estimate of drug-likeness (QED) is 0.830. The van der Waals surface area contributed by atoms with Crippen LogP contribution >= 0.6 is 11.6 Å². The summed E-state index contributed by atoms with van der Waals surface area (Å²) in [7, 11) is 1.94. The van der Waals surface area contributed by atoms with Crippen LogP contribution in [0.15, 0.2) is 24.3 Å². The van der Waals surface area contributed by atoms with Crippen LogP contribution < -0.4 is 0 Å². The van der Waals surface area contributed by atoms with Gasteiger partial charge in [0.25, 0.3) is 0 Å². The van der Waals surface area contributed by atoms with Crippen molar-refractivity contribution >= 4 is 17.6 Å². The Kier molecular flexibility index (Phi) is 5.83. The topological polar surface area (TPSA) is 40.5 Å². The molecule has 0 aliphatic carbocycles. The standard InChI is InChI=1S/C15H22ClNO2/c1-4-8-15(2,14(18)19)11-17(3)10-12-6-5-7-13(16)9-12/h5-7,9H,4,8,10-11H2,1-3H3,(H,18,19). The number of halogens is 1. The number of nitrogens with zero attached hydrogens (tertiary/aromatic N) is 1. The lowest BCUT2D eigenvalue weighted by molar-refractivity contribution is -0.149. The molecule has 0 aliphatic rings. The second-order valence-electron chi connectivity index (χ2n) is 5.42. The molecule has 0 saturated carbocycles. The van der Waals surface area contributed by atoms with Crippen LogP contribution in [0.2, 0.25) is 5.02 Å². The van der Waals surface area contributed by atoms with Gasteiger partial charge in [-0.3, -0.25) is 4.79 Å². The first kappa shape index (κ1) is 16.0. The third-order valence-corrected chi connectivity index (χ3v) is 3.51. The van der Waals surface area contributed by atoms with E-state index in [2.05, 4.69) is 0 Å². The Morgan fingerprint density at radius 1 is 1.47 bits per heavy atom. The summed E-state index contributed by atoms with van der Waals surface area (Å²) in [6.45, 7) is 5.06. The first-order valence-corrected chi connectivity index (χ1v) is 6.91. The van der Waals surface area contributed by atoms with E-state index in [-0.39, 0.29) is 0 Å². The first-order chi connectivity index (χ1) is 8.87. The lowest BCUT2D eigenvalue weighted by Gasteiger charge is -2.30. The molecule has 0 radical (unpaired) electrons. The molecule has 1 N–H and O–H groups in total. The maximum Gasteiger partial charge on any atom is 0.310 e. The fourth-order valence-electron chi connectivity index (χ4n) is 2.40. The molecule has 0 aliphatic heterocycles. The maximum absolute atomic E-state index is 11.4. The van der Waals surface area contributed by atoms with Gasteiger partial charge in [0.05, 0.1) is 5.41 Å². The van der Waals surface area contributed by atoms with Gasteiger partial charge < -0.3 is 10.0 Å². The number of carboxylic acid groups (broad SMARTS) is 1. The van der Waals surface area contributed by atoms with Crippen LogP contribution in [0.3, 0.4) is 0 Å². The summed E-state index contributed by atoms with van der Waals surface area (Å²) in [5.41, 5.74) is 0.404. The summed E-state index contributed by atoms with van der Waals surface area (Å²) in [4.78, 5) is 13.4. The summed E-state index contributed by atoms with van der Waals surface area (Å²) < 4.78 is 0.